The van der Waals surface area contributed by atoms with Crippen LogP contribution < -0.4 is 5.32 Å². The number of rotatable bonds is 7. The Labute approximate surface area is 119 Å². The van der Waals surface area contributed by atoms with Gasteiger partial charge in [0.25, 0.3) is 0 Å². The maximum atomic E-state index is 12.0. The predicted octanol–water partition coefficient (Wildman–Crippen LogP) is 1.36. The van der Waals surface area contributed by atoms with Gasteiger partial charge in [0.15, 0.2) is 0 Å². The van der Waals surface area contributed by atoms with Crippen LogP contribution in [0.4, 0.5) is 0 Å². The van der Waals surface area contributed by atoms with Crippen LogP contribution in [0.2, 0.25) is 0 Å². The van der Waals surface area contributed by atoms with Gasteiger partial charge in [-0.05, 0) is 12.5 Å². The molecule has 0 saturated carbocycles. The van der Waals surface area contributed by atoms with Crippen LogP contribution in [-0.2, 0) is 14.3 Å². The first-order valence-corrected chi connectivity index (χ1v) is 6.63. The van der Waals surface area contributed by atoms with Crippen molar-refractivity contribution in [2.45, 2.75) is 19.9 Å². The highest BCUT2D eigenvalue weighted by Gasteiger charge is 2.15. The van der Waals surface area contributed by atoms with Gasteiger partial charge in [0.2, 0.25) is 11.8 Å². The minimum atomic E-state index is -0.173. The van der Waals surface area contributed by atoms with E-state index in [1.54, 1.807) is 7.11 Å². The standard InChI is InChI=1S/C15H22N2O3/c1-12(14-7-5-4-6-8-14)16-15(19)11-17(13(2)18)9-10-20-3/h4-8,12H,9-11H2,1-3H3,(H,16,19). The van der Waals surface area contributed by atoms with Crippen LogP contribution in [0, 0.1) is 0 Å². The van der Waals surface area contributed by atoms with Crippen molar-refractivity contribution in [2.75, 3.05) is 26.8 Å². The summed E-state index contributed by atoms with van der Waals surface area (Å²) in [4.78, 5) is 24.9. The quantitative estimate of drug-likeness (QED) is 0.819. The summed E-state index contributed by atoms with van der Waals surface area (Å²) in [6, 6.07) is 9.62. The lowest BCUT2D eigenvalue weighted by Gasteiger charge is -2.21. The molecule has 1 N–H and O–H groups in total. The smallest absolute Gasteiger partial charge is 0.240 e. The summed E-state index contributed by atoms with van der Waals surface area (Å²) < 4.78 is 4.93. The minimum Gasteiger partial charge on any atom is -0.383 e. The Hall–Kier alpha value is -1.88. The van der Waals surface area contributed by atoms with E-state index in [1.807, 2.05) is 37.3 Å². The number of hydrogen-bond acceptors (Lipinski definition) is 3. The molecule has 0 aromatic heterocycles. The molecular weight excluding hydrogens is 256 g/mol. The van der Waals surface area contributed by atoms with Crippen molar-refractivity contribution in [3.8, 4) is 0 Å². The number of hydrogen-bond donors (Lipinski definition) is 1. The van der Waals surface area contributed by atoms with E-state index >= 15 is 0 Å². The molecule has 0 radical (unpaired) electrons. The average Bonchev–Trinajstić information content (AvgIpc) is 2.44. The van der Waals surface area contributed by atoms with Crippen LogP contribution in [-0.4, -0.2) is 43.5 Å². The number of nitrogens with zero attached hydrogens (tertiary/aromatic N) is 1. The molecular formula is C15H22N2O3. The fourth-order valence-electron chi connectivity index (χ4n) is 1.83. The topological polar surface area (TPSA) is 58.6 Å². The molecule has 0 aliphatic carbocycles. The van der Waals surface area contributed by atoms with Gasteiger partial charge in [-0.3, -0.25) is 9.59 Å². The molecule has 1 aromatic carbocycles. The van der Waals surface area contributed by atoms with E-state index in [2.05, 4.69) is 5.32 Å². The second kappa shape index (κ2) is 8.32. The number of carbonyl (C=O) groups is 2. The first kappa shape index (κ1) is 16.2. The highest BCUT2D eigenvalue weighted by molar-refractivity contribution is 5.84. The van der Waals surface area contributed by atoms with Gasteiger partial charge in [0.1, 0.15) is 0 Å². The average molecular weight is 278 g/mol. The van der Waals surface area contributed by atoms with Gasteiger partial charge in [-0.1, -0.05) is 30.3 Å². The second-order valence-corrected chi connectivity index (χ2v) is 4.63. The van der Waals surface area contributed by atoms with Gasteiger partial charge in [0.05, 0.1) is 19.2 Å². The van der Waals surface area contributed by atoms with E-state index in [0.717, 1.165) is 5.56 Å². The minimum absolute atomic E-state index is 0.0515. The van der Waals surface area contributed by atoms with E-state index in [4.69, 9.17) is 4.74 Å². The van der Waals surface area contributed by atoms with Gasteiger partial charge in [-0.15, -0.1) is 0 Å². The second-order valence-electron chi connectivity index (χ2n) is 4.63. The third-order valence-electron chi connectivity index (χ3n) is 3.02. The zero-order chi connectivity index (χ0) is 15.0. The molecule has 1 aromatic rings. The molecule has 0 heterocycles. The number of nitrogens with one attached hydrogen (secondary N) is 1. The summed E-state index contributed by atoms with van der Waals surface area (Å²) in [6.45, 7) is 4.25. The maximum absolute atomic E-state index is 12.0. The molecule has 1 unspecified atom stereocenters. The SMILES string of the molecule is COCCN(CC(=O)NC(C)c1ccccc1)C(C)=O. The van der Waals surface area contributed by atoms with E-state index in [0.29, 0.717) is 13.2 Å². The Balaban J connectivity index is 2.51. The van der Waals surface area contributed by atoms with Crippen molar-refractivity contribution >= 4 is 11.8 Å². The third-order valence-corrected chi connectivity index (χ3v) is 3.02. The first-order valence-electron chi connectivity index (χ1n) is 6.63. The maximum Gasteiger partial charge on any atom is 0.240 e. The molecule has 5 nitrogen and oxygen atoms in total. The molecule has 0 saturated heterocycles. The predicted molar refractivity (Wildman–Crippen MR) is 77.1 cm³/mol. The molecule has 0 bridgehead atoms. The van der Waals surface area contributed by atoms with Crippen LogP contribution >= 0.6 is 0 Å². The van der Waals surface area contributed by atoms with Crippen LogP contribution in [0.1, 0.15) is 25.5 Å². The summed E-state index contributed by atoms with van der Waals surface area (Å²) in [5, 5.41) is 2.88. The molecule has 20 heavy (non-hydrogen) atoms. The van der Waals surface area contributed by atoms with Crippen molar-refractivity contribution in [3.63, 3.8) is 0 Å². The lowest BCUT2D eigenvalue weighted by Crippen LogP contribution is -2.41. The van der Waals surface area contributed by atoms with Gasteiger partial charge < -0.3 is 15.0 Å². The summed E-state index contributed by atoms with van der Waals surface area (Å²) in [5.41, 5.74) is 1.03. The lowest BCUT2D eigenvalue weighted by molar-refractivity contribution is -0.135. The zero-order valence-electron chi connectivity index (χ0n) is 12.3. The van der Waals surface area contributed by atoms with E-state index in [9.17, 15) is 9.59 Å². The van der Waals surface area contributed by atoms with Crippen molar-refractivity contribution in [3.05, 3.63) is 35.9 Å². The Morgan fingerprint density at radius 2 is 1.95 bits per heavy atom. The molecule has 0 fully saturated rings. The molecule has 2 amide bonds. The van der Waals surface area contributed by atoms with Gasteiger partial charge >= 0.3 is 0 Å². The Morgan fingerprint density at radius 3 is 2.50 bits per heavy atom. The van der Waals surface area contributed by atoms with Crippen LogP contribution in [0.15, 0.2) is 30.3 Å². The van der Waals surface area contributed by atoms with Gasteiger partial charge in [-0.25, -0.2) is 0 Å². The normalized spacial score (nSPS) is 11.8. The lowest BCUT2D eigenvalue weighted by atomic mass is 10.1. The highest BCUT2D eigenvalue weighted by Crippen LogP contribution is 2.10. The number of carbonyl (C=O) groups excluding carboxylic acids is 2. The van der Waals surface area contributed by atoms with Crippen LogP contribution in [0.3, 0.4) is 0 Å². The Bertz CT molecular complexity index is 434. The summed E-state index contributed by atoms with van der Waals surface area (Å²) in [5.74, 6) is -0.308. The van der Waals surface area contributed by atoms with E-state index in [1.165, 1.54) is 11.8 Å². The molecule has 0 aliphatic heterocycles. The first-order chi connectivity index (χ1) is 9.54. The number of benzene rings is 1. The zero-order valence-corrected chi connectivity index (χ0v) is 12.3. The van der Waals surface area contributed by atoms with E-state index < -0.39 is 0 Å². The number of methoxy groups -OCH3 is 1. The Kier molecular flexibility index (Phi) is 6.73. The van der Waals surface area contributed by atoms with E-state index in [-0.39, 0.29) is 24.4 Å². The molecule has 5 heteroatoms. The largest absolute Gasteiger partial charge is 0.383 e. The summed E-state index contributed by atoms with van der Waals surface area (Å²) >= 11 is 0. The fraction of sp³-hybridized carbons (Fsp3) is 0.467. The molecule has 110 valence electrons. The van der Waals surface area contributed by atoms with Gasteiger partial charge in [0, 0.05) is 20.6 Å². The van der Waals surface area contributed by atoms with Crippen LogP contribution in [0.25, 0.3) is 0 Å². The van der Waals surface area contributed by atoms with Crippen molar-refractivity contribution in [2.24, 2.45) is 0 Å². The monoisotopic (exact) mass is 278 g/mol. The van der Waals surface area contributed by atoms with Crippen molar-refractivity contribution in [1.82, 2.24) is 10.2 Å². The Morgan fingerprint density at radius 1 is 1.30 bits per heavy atom. The third kappa shape index (κ3) is 5.40. The molecule has 1 rings (SSSR count). The molecule has 0 spiro atoms. The molecule has 0 aliphatic rings. The summed E-state index contributed by atoms with van der Waals surface area (Å²) in [6.07, 6.45) is 0. The van der Waals surface area contributed by atoms with Crippen LogP contribution in [0.5, 0.6) is 0 Å². The van der Waals surface area contributed by atoms with Crippen molar-refractivity contribution in [1.29, 1.82) is 0 Å². The van der Waals surface area contributed by atoms with Gasteiger partial charge in [-0.2, -0.15) is 0 Å². The highest BCUT2D eigenvalue weighted by atomic mass is 16.5. The fourth-order valence-corrected chi connectivity index (χ4v) is 1.83. The summed E-state index contributed by atoms with van der Waals surface area (Å²) in [7, 11) is 1.57. The van der Waals surface area contributed by atoms with Crippen molar-refractivity contribution < 1.29 is 14.3 Å². The number of amides is 2. The molecule has 1 atom stereocenters. The number of ether oxygens (including phenoxy) is 1.